The summed E-state index contributed by atoms with van der Waals surface area (Å²) in [5.41, 5.74) is 7.84. The first-order valence-electron chi connectivity index (χ1n) is 5.55. The molecular weight excluding hydrogens is 202 g/mol. The Morgan fingerprint density at radius 1 is 1.44 bits per heavy atom. The van der Waals surface area contributed by atoms with Crippen molar-refractivity contribution < 1.29 is 0 Å². The second kappa shape index (κ2) is 3.45. The van der Waals surface area contributed by atoms with Gasteiger partial charge in [-0.3, -0.25) is 0 Å². The van der Waals surface area contributed by atoms with Gasteiger partial charge in [-0.1, -0.05) is 0 Å². The van der Waals surface area contributed by atoms with Gasteiger partial charge in [0, 0.05) is 12.1 Å². The lowest BCUT2D eigenvalue weighted by Gasteiger charge is -2.33. The van der Waals surface area contributed by atoms with Gasteiger partial charge in [0.05, 0.1) is 0 Å². The lowest BCUT2D eigenvalue weighted by atomic mass is 9.88. The molecule has 2 heterocycles. The van der Waals surface area contributed by atoms with Crippen molar-refractivity contribution in [3.05, 3.63) is 24.0 Å². The molecular formula is C11H15N5. The maximum atomic E-state index is 5.77. The Bertz CT molecular complexity index is 512. The number of nitrogens with two attached hydrogens (primary N) is 1. The largest absolute Gasteiger partial charge is 0.367 e. The zero-order chi connectivity index (χ0) is 11.1. The summed E-state index contributed by atoms with van der Waals surface area (Å²) < 4.78 is 1.83. The van der Waals surface area contributed by atoms with Gasteiger partial charge in [-0.05, 0) is 37.5 Å². The van der Waals surface area contributed by atoms with E-state index in [4.69, 9.17) is 5.73 Å². The van der Waals surface area contributed by atoms with Crippen molar-refractivity contribution in [2.24, 2.45) is 5.73 Å². The average molecular weight is 217 g/mol. The fourth-order valence-corrected chi connectivity index (χ4v) is 2.15. The Balaban J connectivity index is 1.92. The Morgan fingerprint density at radius 3 is 3.00 bits per heavy atom. The fraction of sp³-hybridized carbons (Fsp3) is 0.455. The molecule has 1 aliphatic carbocycles. The number of aromatic nitrogens is 3. The highest BCUT2D eigenvalue weighted by Gasteiger charge is 2.26. The van der Waals surface area contributed by atoms with Crippen molar-refractivity contribution in [3.63, 3.8) is 0 Å². The lowest BCUT2D eigenvalue weighted by molar-refractivity contribution is 0.372. The zero-order valence-corrected chi connectivity index (χ0v) is 9.22. The normalized spacial score (nSPS) is 24.4. The van der Waals surface area contributed by atoms with Gasteiger partial charge in [-0.15, -0.1) is 0 Å². The van der Waals surface area contributed by atoms with Crippen LogP contribution in [0.4, 0.5) is 5.82 Å². The number of nitrogens with zero attached hydrogens (tertiary/aromatic N) is 3. The summed E-state index contributed by atoms with van der Waals surface area (Å²) in [7, 11) is 0. The molecule has 5 heteroatoms. The van der Waals surface area contributed by atoms with Crippen LogP contribution < -0.4 is 11.1 Å². The molecule has 0 unspecified atom stereocenters. The van der Waals surface area contributed by atoms with Gasteiger partial charge in [-0.25, -0.2) is 4.98 Å². The number of aryl methyl sites for hydroxylation is 1. The predicted octanol–water partition coefficient (Wildman–Crippen LogP) is 0.939. The number of rotatable bonds is 2. The van der Waals surface area contributed by atoms with E-state index < -0.39 is 0 Å². The molecule has 0 saturated heterocycles. The monoisotopic (exact) mass is 217 g/mol. The summed E-state index contributed by atoms with van der Waals surface area (Å²) in [6, 6.07) is 4.94. The van der Waals surface area contributed by atoms with Gasteiger partial charge in [0.25, 0.3) is 0 Å². The molecule has 0 amide bonds. The molecule has 0 bridgehead atoms. The highest BCUT2D eigenvalue weighted by Crippen LogP contribution is 2.23. The third-order valence-corrected chi connectivity index (χ3v) is 3.05. The predicted molar refractivity (Wildman–Crippen MR) is 62.3 cm³/mol. The molecule has 16 heavy (non-hydrogen) atoms. The first-order chi connectivity index (χ1) is 7.72. The Kier molecular flexibility index (Phi) is 2.07. The minimum absolute atomic E-state index is 0.355. The minimum atomic E-state index is 0.355. The van der Waals surface area contributed by atoms with Crippen molar-refractivity contribution in [1.82, 2.24) is 14.6 Å². The van der Waals surface area contributed by atoms with Crippen molar-refractivity contribution >= 4 is 11.5 Å². The maximum absolute atomic E-state index is 5.77. The van der Waals surface area contributed by atoms with Crippen LogP contribution in [0, 0.1) is 6.92 Å². The average Bonchev–Trinajstić information content (AvgIpc) is 2.62. The molecule has 0 aromatic carbocycles. The van der Waals surface area contributed by atoms with Gasteiger partial charge in [-0.2, -0.15) is 9.61 Å². The third kappa shape index (κ3) is 1.53. The fourth-order valence-electron chi connectivity index (χ4n) is 2.15. The summed E-state index contributed by atoms with van der Waals surface area (Å²) in [4.78, 5) is 4.19. The highest BCUT2D eigenvalue weighted by atomic mass is 15.3. The molecule has 84 valence electrons. The molecule has 1 fully saturated rings. The van der Waals surface area contributed by atoms with E-state index in [1.807, 2.05) is 10.6 Å². The van der Waals surface area contributed by atoms with E-state index in [-0.39, 0.29) is 0 Å². The van der Waals surface area contributed by atoms with E-state index in [0.717, 1.165) is 24.3 Å². The number of hydrogen-bond donors (Lipinski definition) is 2. The van der Waals surface area contributed by atoms with Crippen LogP contribution in [0.25, 0.3) is 5.65 Å². The number of fused-ring (bicyclic) bond motifs is 1. The van der Waals surface area contributed by atoms with E-state index in [1.54, 1.807) is 6.33 Å². The van der Waals surface area contributed by atoms with Crippen LogP contribution in [-0.4, -0.2) is 26.7 Å². The van der Waals surface area contributed by atoms with Crippen LogP contribution in [0.1, 0.15) is 18.4 Å². The van der Waals surface area contributed by atoms with Crippen LogP contribution in [0.3, 0.4) is 0 Å². The Labute approximate surface area is 93.7 Å². The molecule has 0 aliphatic heterocycles. The van der Waals surface area contributed by atoms with E-state index in [0.29, 0.717) is 12.1 Å². The SMILES string of the molecule is Cc1cc(NC2CC(N)C2)n2ncnc2c1. The molecule has 5 nitrogen and oxygen atoms in total. The zero-order valence-electron chi connectivity index (χ0n) is 9.22. The molecule has 0 spiro atoms. The van der Waals surface area contributed by atoms with Gasteiger partial charge in [0.15, 0.2) is 5.65 Å². The summed E-state index contributed by atoms with van der Waals surface area (Å²) in [5, 5.41) is 7.66. The van der Waals surface area contributed by atoms with E-state index in [2.05, 4.69) is 28.4 Å². The number of pyridine rings is 1. The van der Waals surface area contributed by atoms with Gasteiger partial charge in [0.2, 0.25) is 0 Å². The van der Waals surface area contributed by atoms with E-state index in [1.165, 1.54) is 5.56 Å². The topological polar surface area (TPSA) is 68.2 Å². The van der Waals surface area contributed by atoms with Crippen LogP contribution in [0.5, 0.6) is 0 Å². The van der Waals surface area contributed by atoms with Crippen molar-refractivity contribution in [2.45, 2.75) is 31.8 Å². The summed E-state index contributed by atoms with van der Waals surface area (Å²) >= 11 is 0. The minimum Gasteiger partial charge on any atom is -0.367 e. The molecule has 1 aliphatic rings. The summed E-state index contributed by atoms with van der Waals surface area (Å²) in [5.74, 6) is 1.00. The molecule has 0 atom stereocenters. The van der Waals surface area contributed by atoms with E-state index >= 15 is 0 Å². The maximum Gasteiger partial charge on any atom is 0.157 e. The van der Waals surface area contributed by atoms with E-state index in [9.17, 15) is 0 Å². The van der Waals surface area contributed by atoms with Crippen molar-refractivity contribution in [3.8, 4) is 0 Å². The van der Waals surface area contributed by atoms with Crippen LogP contribution >= 0.6 is 0 Å². The molecule has 2 aromatic rings. The summed E-state index contributed by atoms with van der Waals surface area (Å²) in [6.07, 6.45) is 3.64. The molecule has 2 aromatic heterocycles. The molecule has 0 radical (unpaired) electrons. The second-order valence-electron chi connectivity index (χ2n) is 4.52. The highest BCUT2D eigenvalue weighted by molar-refractivity contribution is 5.51. The third-order valence-electron chi connectivity index (χ3n) is 3.05. The first kappa shape index (κ1) is 9.59. The van der Waals surface area contributed by atoms with Gasteiger partial charge < -0.3 is 11.1 Å². The van der Waals surface area contributed by atoms with Crippen molar-refractivity contribution in [1.29, 1.82) is 0 Å². The van der Waals surface area contributed by atoms with Crippen molar-refractivity contribution in [2.75, 3.05) is 5.32 Å². The molecule has 1 saturated carbocycles. The first-order valence-corrected chi connectivity index (χ1v) is 5.55. The smallest absolute Gasteiger partial charge is 0.157 e. The van der Waals surface area contributed by atoms with Crippen LogP contribution in [0.15, 0.2) is 18.5 Å². The van der Waals surface area contributed by atoms with Crippen LogP contribution in [0.2, 0.25) is 0 Å². The Morgan fingerprint density at radius 2 is 2.25 bits per heavy atom. The quantitative estimate of drug-likeness (QED) is 0.785. The van der Waals surface area contributed by atoms with Gasteiger partial charge in [0.1, 0.15) is 12.1 Å². The van der Waals surface area contributed by atoms with Gasteiger partial charge >= 0.3 is 0 Å². The second-order valence-corrected chi connectivity index (χ2v) is 4.52. The molecule has 3 N–H and O–H groups in total. The summed E-state index contributed by atoms with van der Waals surface area (Å²) in [6.45, 7) is 2.06. The number of anilines is 1. The number of nitrogens with one attached hydrogen (secondary N) is 1. The Hall–Kier alpha value is -1.62. The number of hydrogen-bond acceptors (Lipinski definition) is 4. The van der Waals surface area contributed by atoms with Crippen LogP contribution in [-0.2, 0) is 0 Å². The lowest BCUT2D eigenvalue weighted by Crippen LogP contribution is -2.44. The molecule has 3 rings (SSSR count). The standard InChI is InChI=1S/C11H15N5/c1-7-2-10-13-6-14-16(10)11(3-7)15-9-4-8(12)5-9/h2-3,6,8-9,15H,4-5,12H2,1H3.